The van der Waals surface area contributed by atoms with Crippen LogP contribution in [0.4, 0.5) is 13.2 Å². The molecule has 0 bridgehead atoms. The molecule has 2 heterocycles. The first-order chi connectivity index (χ1) is 14.5. The summed E-state index contributed by atoms with van der Waals surface area (Å²) in [7, 11) is 4.56. The Balaban J connectivity index is 1.64. The predicted octanol–water partition coefficient (Wildman–Crippen LogP) is 1.79. The molecular weight excluding hydrogens is 435 g/mol. The minimum atomic E-state index is -4.49. The van der Waals surface area contributed by atoms with Crippen molar-refractivity contribution >= 4 is 28.8 Å². The van der Waals surface area contributed by atoms with Gasteiger partial charge in [0.25, 0.3) is 5.56 Å². The van der Waals surface area contributed by atoms with E-state index in [4.69, 9.17) is 0 Å². The van der Waals surface area contributed by atoms with E-state index in [0.29, 0.717) is 10.8 Å². The molecule has 2 aromatic heterocycles. The minimum Gasteiger partial charge on any atom is -0.352 e. The van der Waals surface area contributed by atoms with E-state index in [9.17, 15) is 27.6 Å². The van der Waals surface area contributed by atoms with Gasteiger partial charge in [-0.15, -0.1) is 0 Å². The topological polar surface area (TPSA) is 90.9 Å². The number of aromatic nitrogens is 4. The molecule has 0 aliphatic heterocycles. The monoisotopic (exact) mass is 455 g/mol. The molecule has 0 aliphatic rings. The number of halogens is 3. The maximum Gasteiger partial charge on any atom is 0.416 e. The Bertz CT molecular complexity index is 1260. The SMILES string of the molecule is Cn1c(=O)c2nc(SCCC(=O)NCc3ccccc3C(F)(F)F)n(C)c2n(C)c1=O. The van der Waals surface area contributed by atoms with Crippen molar-refractivity contribution in [3.63, 3.8) is 0 Å². The number of thioether (sulfide) groups is 1. The number of hydrogen-bond donors (Lipinski definition) is 1. The first kappa shape index (κ1) is 22.7. The Morgan fingerprint density at radius 1 is 1.10 bits per heavy atom. The lowest BCUT2D eigenvalue weighted by molar-refractivity contribution is -0.138. The minimum absolute atomic E-state index is 0.0110. The molecule has 31 heavy (non-hydrogen) atoms. The van der Waals surface area contributed by atoms with E-state index in [1.807, 2.05) is 0 Å². The number of aryl methyl sites for hydroxylation is 2. The van der Waals surface area contributed by atoms with Crippen molar-refractivity contribution in [3.8, 4) is 0 Å². The van der Waals surface area contributed by atoms with E-state index in [1.165, 1.54) is 48.6 Å². The summed E-state index contributed by atoms with van der Waals surface area (Å²) >= 11 is 1.21. The van der Waals surface area contributed by atoms with Crippen LogP contribution in [0.1, 0.15) is 17.5 Å². The third kappa shape index (κ3) is 4.53. The first-order valence-corrected chi connectivity index (χ1v) is 10.2. The number of fused-ring (bicyclic) bond motifs is 1. The van der Waals surface area contributed by atoms with Gasteiger partial charge in [-0.2, -0.15) is 13.2 Å². The van der Waals surface area contributed by atoms with Crippen molar-refractivity contribution in [2.75, 3.05) is 5.75 Å². The summed E-state index contributed by atoms with van der Waals surface area (Å²) in [6, 6.07) is 5.07. The first-order valence-electron chi connectivity index (χ1n) is 9.19. The fourth-order valence-corrected chi connectivity index (χ4v) is 4.06. The molecule has 3 aromatic rings. The van der Waals surface area contributed by atoms with Crippen LogP contribution in [0.25, 0.3) is 11.2 Å². The summed E-state index contributed by atoms with van der Waals surface area (Å²) in [5.41, 5.74) is -1.27. The third-order valence-corrected chi connectivity index (χ3v) is 5.81. The summed E-state index contributed by atoms with van der Waals surface area (Å²) in [6.45, 7) is -0.233. The molecule has 166 valence electrons. The van der Waals surface area contributed by atoms with Crippen LogP contribution in [0.5, 0.6) is 0 Å². The number of nitrogens with zero attached hydrogens (tertiary/aromatic N) is 4. The number of hydrogen-bond acceptors (Lipinski definition) is 5. The Morgan fingerprint density at radius 2 is 1.77 bits per heavy atom. The molecule has 0 atom stereocenters. The van der Waals surface area contributed by atoms with Crippen LogP contribution in [0.3, 0.4) is 0 Å². The maximum atomic E-state index is 13.0. The van der Waals surface area contributed by atoms with Gasteiger partial charge in [0, 0.05) is 39.9 Å². The number of nitrogens with one attached hydrogen (secondary N) is 1. The van der Waals surface area contributed by atoms with Gasteiger partial charge in [-0.3, -0.25) is 18.7 Å². The van der Waals surface area contributed by atoms with Gasteiger partial charge in [-0.25, -0.2) is 9.78 Å². The molecule has 0 saturated heterocycles. The van der Waals surface area contributed by atoms with Crippen molar-refractivity contribution in [2.45, 2.75) is 24.3 Å². The van der Waals surface area contributed by atoms with Gasteiger partial charge in [-0.05, 0) is 11.6 Å². The number of benzene rings is 1. The van der Waals surface area contributed by atoms with Crippen LogP contribution in [-0.4, -0.2) is 30.3 Å². The normalized spacial score (nSPS) is 11.8. The number of carbonyl (C=O) groups excluding carboxylic acids is 1. The van der Waals surface area contributed by atoms with Gasteiger partial charge in [0.05, 0.1) is 5.56 Å². The summed E-state index contributed by atoms with van der Waals surface area (Å²) in [5, 5.41) is 2.94. The fraction of sp³-hybridized carbons (Fsp3) is 0.368. The van der Waals surface area contributed by atoms with Crippen molar-refractivity contribution in [1.29, 1.82) is 0 Å². The summed E-state index contributed by atoms with van der Waals surface area (Å²) in [5.74, 6) is -0.121. The van der Waals surface area contributed by atoms with Crippen LogP contribution in [0, 0.1) is 0 Å². The highest BCUT2D eigenvalue weighted by Crippen LogP contribution is 2.31. The maximum absolute atomic E-state index is 13.0. The largest absolute Gasteiger partial charge is 0.416 e. The smallest absolute Gasteiger partial charge is 0.352 e. The number of carbonyl (C=O) groups is 1. The van der Waals surface area contributed by atoms with E-state index in [1.54, 1.807) is 11.6 Å². The van der Waals surface area contributed by atoms with Gasteiger partial charge in [-0.1, -0.05) is 30.0 Å². The molecule has 0 spiro atoms. The quantitative estimate of drug-likeness (QED) is 0.573. The highest BCUT2D eigenvalue weighted by Gasteiger charge is 2.32. The Morgan fingerprint density at radius 3 is 2.45 bits per heavy atom. The Labute approximate surface area is 178 Å². The molecule has 1 N–H and O–H groups in total. The molecule has 0 fully saturated rings. The van der Waals surface area contributed by atoms with E-state index < -0.39 is 28.9 Å². The molecule has 1 amide bonds. The zero-order valence-corrected chi connectivity index (χ0v) is 17.8. The average molecular weight is 455 g/mol. The van der Waals surface area contributed by atoms with Crippen LogP contribution >= 0.6 is 11.8 Å². The Kier molecular flexibility index (Phi) is 6.30. The van der Waals surface area contributed by atoms with Gasteiger partial charge < -0.3 is 9.88 Å². The van der Waals surface area contributed by atoms with Crippen molar-refractivity contribution < 1.29 is 18.0 Å². The lowest BCUT2D eigenvalue weighted by atomic mass is 10.1. The molecule has 0 aliphatic carbocycles. The van der Waals surface area contributed by atoms with Gasteiger partial charge in [0.15, 0.2) is 16.3 Å². The lowest BCUT2D eigenvalue weighted by Gasteiger charge is -2.13. The fourth-order valence-electron chi connectivity index (χ4n) is 3.16. The molecule has 0 radical (unpaired) electrons. The number of rotatable bonds is 6. The van der Waals surface area contributed by atoms with Crippen LogP contribution in [0.2, 0.25) is 0 Å². The molecule has 8 nitrogen and oxygen atoms in total. The van der Waals surface area contributed by atoms with Crippen molar-refractivity contribution in [3.05, 3.63) is 56.2 Å². The second-order valence-corrected chi connectivity index (χ2v) is 7.92. The molecule has 12 heteroatoms. The molecule has 0 saturated carbocycles. The van der Waals surface area contributed by atoms with Gasteiger partial charge in [0.1, 0.15) is 0 Å². The van der Waals surface area contributed by atoms with E-state index in [0.717, 1.165) is 10.6 Å². The zero-order chi connectivity index (χ0) is 22.9. The lowest BCUT2D eigenvalue weighted by Crippen LogP contribution is -2.37. The number of imidazole rings is 1. The molecular formula is C19H20F3N5O3S. The highest BCUT2D eigenvalue weighted by molar-refractivity contribution is 7.99. The zero-order valence-electron chi connectivity index (χ0n) is 17.0. The predicted molar refractivity (Wildman–Crippen MR) is 110 cm³/mol. The highest BCUT2D eigenvalue weighted by atomic mass is 32.2. The van der Waals surface area contributed by atoms with E-state index in [2.05, 4.69) is 10.3 Å². The van der Waals surface area contributed by atoms with E-state index >= 15 is 0 Å². The second kappa shape index (κ2) is 8.61. The summed E-state index contributed by atoms with van der Waals surface area (Å²) in [4.78, 5) is 40.8. The van der Waals surface area contributed by atoms with Crippen LogP contribution in [-0.2, 0) is 38.7 Å². The number of amides is 1. The average Bonchev–Trinajstić information content (AvgIpc) is 3.05. The summed E-state index contributed by atoms with van der Waals surface area (Å²) in [6.07, 6.45) is -4.45. The van der Waals surface area contributed by atoms with E-state index in [-0.39, 0.29) is 29.8 Å². The third-order valence-electron chi connectivity index (χ3n) is 4.78. The standard InChI is InChI=1S/C19H20F3N5O3S/c1-25-15-14(16(29)27(3)18(30)26(15)2)24-17(25)31-9-8-13(28)23-10-11-6-4-5-7-12(11)19(20,21)22/h4-7H,8-10H2,1-3H3,(H,23,28). The van der Waals surface area contributed by atoms with Crippen LogP contribution in [0.15, 0.2) is 39.0 Å². The van der Waals surface area contributed by atoms with Crippen LogP contribution < -0.4 is 16.6 Å². The second-order valence-electron chi connectivity index (χ2n) is 6.86. The molecule has 1 aromatic carbocycles. The molecule has 3 rings (SSSR count). The Hall–Kier alpha value is -3.02. The van der Waals surface area contributed by atoms with Gasteiger partial charge in [0.2, 0.25) is 5.91 Å². The van der Waals surface area contributed by atoms with Crippen molar-refractivity contribution in [2.24, 2.45) is 21.1 Å². The summed E-state index contributed by atoms with van der Waals surface area (Å²) < 4.78 is 43.0. The van der Waals surface area contributed by atoms with Crippen molar-refractivity contribution in [1.82, 2.24) is 24.0 Å². The number of alkyl halides is 3. The van der Waals surface area contributed by atoms with Gasteiger partial charge >= 0.3 is 11.9 Å². The molecule has 0 unspecified atom stereocenters.